The minimum absolute atomic E-state index is 0.0255. The predicted molar refractivity (Wildman–Crippen MR) is 177 cm³/mol. The monoisotopic (exact) mass is 682 g/mol. The van der Waals surface area contributed by atoms with E-state index in [9.17, 15) is 18.3 Å². The number of aromatic nitrogens is 1. The molecule has 4 unspecified atom stereocenters. The summed E-state index contributed by atoms with van der Waals surface area (Å²) in [6, 6.07) is 15.1. The zero-order chi connectivity index (χ0) is 34.0. The van der Waals surface area contributed by atoms with E-state index < -0.39 is 28.3 Å². The number of rotatable bonds is 14. The molecule has 2 aliphatic heterocycles. The number of fused-ring (bicyclic) bond motifs is 1. The van der Waals surface area contributed by atoms with Gasteiger partial charge in [-0.25, -0.2) is 18.2 Å². The van der Waals surface area contributed by atoms with Crippen LogP contribution in [-0.4, -0.2) is 98.7 Å². The van der Waals surface area contributed by atoms with Crippen molar-refractivity contribution < 1.29 is 36.9 Å². The molecule has 7 atom stereocenters. The van der Waals surface area contributed by atoms with E-state index in [4.69, 9.17) is 18.6 Å². The average Bonchev–Trinajstić information content (AvgIpc) is 3.75. The van der Waals surface area contributed by atoms with E-state index in [2.05, 4.69) is 10.3 Å². The maximum absolute atomic E-state index is 14.0. The molecule has 2 saturated heterocycles. The molecule has 3 aliphatic rings. The number of benzene rings is 2. The fraction of sp³-hybridized carbons (Fsp3) is 0.543. The molecule has 0 radical (unpaired) electrons. The molecule has 12 nitrogen and oxygen atoms in total. The van der Waals surface area contributed by atoms with Crippen LogP contribution in [0.15, 0.2) is 70.1 Å². The summed E-state index contributed by atoms with van der Waals surface area (Å²) < 4.78 is 52.7. The number of nitrogens with zero attached hydrogens (tertiary/aromatic N) is 3. The van der Waals surface area contributed by atoms with Crippen molar-refractivity contribution in [2.45, 2.75) is 62.7 Å². The third-order valence-corrected chi connectivity index (χ3v) is 11.2. The number of carbonyl (C=O) groups excluding carboxylic acids is 1. The van der Waals surface area contributed by atoms with Gasteiger partial charge in [0.2, 0.25) is 15.9 Å². The first-order chi connectivity index (χ1) is 23.0. The summed E-state index contributed by atoms with van der Waals surface area (Å²) in [7, 11) is -0.180. The van der Waals surface area contributed by atoms with Gasteiger partial charge in [-0.15, -0.1) is 0 Å². The van der Waals surface area contributed by atoms with Gasteiger partial charge in [0.05, 0.1) is 43.0 Å². The smallest absolute Gasteiger partial charge is 0.407 e. The summed E-state index contributed by atoms with van der Waals surface area (Å²) in [6.07, 6.45) is 0.342. The number of ether oxygens (including phenoxy) is 3. The molecule has 3 fully saturated rings. The fourth-order valence-electron chi connectivity index (χ4n) is 7.05. The lowest BCUT2D eigenvalue weighted by Gasteiger charge is -2.31. The molecular weight excluding hydrogens is 636 g/mol. The minimum Gasteiger partial charge on any atom is -0.445 e. The van der Waals surface area contributed by atoms with Gasteiger partial charge in [-0.3, -0.25) is 0 Å². The number of nitrogens with one attached hydrogen (secondary N) is 1. The quantitative estimate of drug-likeness (QED) is 0.258. The van der Waals surface area contributed by atoms with Gasteiger partial charge in [-0.2, -0.15) is 4.31 Å². The summed E-state index contributed by atoms with van der Waals surface area (Å²) >= 11 is 0. The zero-order valence-electron chi connectivity index (χ0n) is 27.9. The van der Waals surface area contributed by atoms with Gasteiger partial charge in [-0.05, 0) is 62.7 Å². The lowest BCUT2D eigenvalue weighted by atomic mass is 9.98. The summed E-state index contributed by atoms with van der Waals surface area (Å²) in [4.78, 5) is 19.7. The molecule has 13 heteroatoms. The van der Waals surface area contributed by atoms with Crippen LogP contribution in [0.25, 0.3) is 11.3 Å². The van der Waals surface area contributed by atoms with Crippen molar-refractivity contribution in [2.24, 2.45) is 23.7 Å². The van der Waals surface area contributed by atoms with Gasteiger partial charge in [-0.1, -0.05) is 44.2 Å². The minimum atomic E-state index is -4.02. The van der Waals surface area contributed by atoms with E-state index in [0.29, 0.717) is 37.0 Å². The summed E-state index contributed by atoms with van der Waals surface area (Å²) in [5, 5.41) is 14.5. The lowest BCUT2D eigenvalue weighted by molar-refractivity contribution is -0.169. The Morgan fingerprint density at radius 2 is 1.77 bits per heavy atom. The highest BCUT2D eigenvalue weighted by molar-refractivity contribution is 7.89. The van der Waals surface area contributed by atoms with Crippen molar-refractivity contribution in [3.8, 4) is 11.3 Å². The van der Waals surface area contributed by atoms with Gasteiger partial charge < -0.3 is 34.0 Å². The summed E-state index contributed by atoms with van der Waals surface area (Å²) in [5.74, 6) is 1.47. The van der Waals surface area contributed by atoms with Crippen LogP contribution in [0.2, 0.25) is 0 Å². The van der Waals surface area contributed by atoms with Crippen LogP contribution in [0.3, 0.4) is 0 Å². The Balaban J connectivity index is 1.18. The number of alkyl carbamates (subject to hydrolysis) is 1. The summed E-state index contributed by atoms with van der Waals surface area (Å²) in [5.41, 5.74) is 1.58. The fourth-order valence-corrected chi connectivity index (χ4v) is 8.67. The topological polar surface area (TPSA) is 144 Å². The third kappa shape index (κ3) is 7.77. The molecule has 3 aromatic rings. The number of sulfonamides is 1. The second-order valence-electron chi connectivity index (χ2n) is 13.8. The van der Waals surface area contributed by atoms with E-state index in [1.165, 1.54) is 16.4 Å². The molecular formula is C35H46N4O8S. The van der Waals surface area contributed by atoms with Gasteiger partial charge in [0.15, 0.2) is 12.1 Å². The van der Waals surface area contributed by atoms with Crippen LogP contribution in [0.1, 0.15) is 31.7 Å². The summed E-state index contributed by atoms with van der Waals surface area (Å²) in [6.45, 7) is 5.29. The van der Waals surface area contributed by atoms with Gasteiger partial charge >= 0.3 is 6.09 Å². The van der Waals surface area contributed by atoms with Gasteiger partial charge in [0.25, 0.3) is 0 Å². The Hall–Kier alpha value is -3.33. The van der Waals surface area contributed by atoms with Crippen molar-refractivity contribution in [3.63, 3.8) is 0 Å². The predicted octanol–water partition coefficient (Wildman–Crippen LogP) is 3.76. The van der Waals surface area contributed by atoms with Crippen molar-refractivity contribution in [1.29, 1.82) is 0 Å². The maximum Gasteiger partial charge on any atom is 0.407 e. The Morgan fingerprint density at radius 3 is 2.48 bits per heavy atom. The number of oxazole rings is 1. The number of aliphatic hydroxyl groups excluding tert-OH is 1. The SMILES string of the molecule is CC(C)CN(C[C@@H](O)[C@H](Cc1ccccc1)NC(=O)OC1C2COC3OC[C@H]1CC32)S(=O)(=O)c1ccc(-c2cnc(CN(C)C)o2)cc1. The molecule has 6 rings (SSSR count). The van der Waals surface area contributed by atoms with E-state index in [0.717, 1.165) is 12.0 Å². The van der Waals surface area contributed by atoms with Crippen LogP contribution < -0.4 is 5.32 Å². The van der Waals surface area contributed by atoms with Crippen molar-refractivity contribution >= 4 is 16.1 Å². The Labute approximate surface area is 282 Å². The van der Waals surface area contributed by atoms with Crippen LogP contribution in [0, 0.1) is 23.7 Å². The molecule has 1 amide bonds. The van der Waals surface area contributed by atoms with E-state index >= 15 is 0 Å². The Morgan fingerprint density at radius 1 is 1.04 bits per heavy atom. The maximum atomic E-state index is 14.0. The first kappa shape index (κ1) is 34.5. The van der Waals surface area contributed by atoms with Gasteiger partial charge in [0, 0.05) is 36.4 Å². The molecule has 3 heterocycles. The molecule has 48 heavy (non-hydrogen) atoms. The number of amides is 1. The van der Waals surface area contributed by atoms with E-state index in [-0.39, 0.29) is 60.5 Å². The van der Waals surface area contributed by atoms with Gasteiger partial charge in [0.1, 0.15) is 6.10 Å². The van der Waals surface area contributed by atoms with E-state index in [1.54, 1.807) is 18.3 Å². The first-order valence-corrected chi connectivity index (χ1v) is 18.0. The van der Waals surface area contributed by atoms with Crippen LogP contribution >= 0.6 is 0 Å². The number of hydrogen-bond acceptors (Lipinski definition) is 10. The number of aliphatic hydroxyl groups is 1. The average molecular weight is 683 g/mol. The molecule has 0 spiro atoms. The van der Waals surface area contributed by atoms with Crippen molar-refractivity contribution in [1.82, 2.24) is 19.5 Å². The zero-order valence-corrected chi connectivity index (χ0v) is 28.7. The molecule has 260 valence electrons. The molecule has 2 bridgehead atoms. The molecule has 1 saturated carbocycles. The van der Waals surface area contributed by atoms with Crippen LogP contribution in [-0.2, 0) is 37.2 Å². The molecule has 2 aromatic carbocycles. The Bertz CT molecular complexity index is 1630. The first-order valence-electron chi connectivity index (χ1n) is 16.6. The van der Waals surface area contributed by atoms with E-state index in [1.807, 2.05) is 63.2 Å². The number of carbonyl (C=O) groups is 1. The third-order valence-electron chi connectivity index (χ3n) is 9.34. The lowest BCUT2D eigenvalue weighted by Crippen LogP contribution is -2.52. The molecule has 2 N–H and O–H groups in total. The second kappa shape index (κ2) is 14.7. The highest BCUT2D eigenvalue weighted by atomic mass is 32.2. The standard InChI is InChI=1S/C35H46N4O8S/c1-22(2)17-39(48(42,43)26-12-10-24(11-13-26)31-16-36-32(46-31)19-38(3)4)18-30(40)29(14-23-8-6-5-7-9-23)37-35(41)47-33-25-15-27-28(33)21-45-34(27)44-20-25/h5-13,16,22,25,27-30,33-34,40H,14-15,17-21H2,1-4H3,(H,37,41)/t25-,27?,28?,29+,30-,33?,34?/m1/s1. The molecule has 1 aliphatic carbocycles. The number of hydrogen-bond donors (Lipinski definition) is 2. The van der Waals surface area contributed by atoms with Crippen LogP contribution in [0.5, 0.6) is 0 Å². The second-order valence-corrected chi connectivity index (χ2v) is 15.8. The normalized spacial score (nSPS) is 24.7. The largest absolute Gasteiger partial charge is 0.445 e. The van der Waals surface area contributed by atoms with Crippen molar-refractivity contribution in [2.75, 3.05) is 40.4 Å². The molecule has 1 aromatic heterocycles. The highest BCUT2D eigenvalue weighted by Gasteiger charge is 2.56. The van der Waals surface area contributed by atoms with Crippen molar-refractivity contribution in [3.05, 3.63) is 72.2 Å². The van der Waals surface area contributed by atoms with Crippen LogP contribution in [0.4, 0.5) is 4.79 Å². The Kier molecular flexibility index (Phi) is 10.5. The highest BCUT2D eigenvalue weighted by Crippen LogP contribution is 2.49.